The largest absolute Gasteiger partial charge is 0.339 e. The molecule has 1 aromatic heterocycles. The maximum absolute atomic E-state index is 13.3. The van der Waals surface area contributed by atoms with Crippen LogP contribution in [0.5, 0.6) is 0 Å². The average Bonchev–Trinajstić information content (AvgIpc) is 2.99. The molecule has 1 heterocycles. The average molecular weight is 307 g/mol. The van der Waals surface area contributed by atoms with Crippen molar-refractivity contribution in [2.24, 2.45) is 11.1 Å². The standard InChI is InChI=1S/C16H19F2N3O/c17-12-5-4-11(8-13(12)18)15-20-14(22-21-15)9-16(10-19)6-2-1-3-7-16/h4-5,8H,1-3,6-7,9-10,19H2. The Labute approximate surface area is 127 Å². The predicted octanol–water partition coefficient (Wildman–Crippen LogP) is 3.47. The Morgan fingerprint density at radius 1 is 1.14 bits per heavy atom. The third-order valence-electron chi connectivity index (χ3n) is 4.52. The fourth-order valence-electron chi connectivity index (χ4n) is 3.15. The minimum absolute atomic E-state index is 0.0239. The van der Waals surface area contributed by atoms with Crippen LogP contribution in [-0.4, -0.2) is 16.7 Å². The molecule has 2 N–H and O–H groups in total. The lowest BCUT2D eigenvalue weighted by Crippen LogP contribution is -2.35. The SMILES string of the molecule is NCC1(Cc2nc(-c3ccc(F)c(F)c3)no2)CCCCC1. The van der Waals surface area contributed by atoms with E-state index >= 15 is 0 Å². The Morgan fingerprint density at radius 3 is 2.59 bits per heavy atom. The maximum atomic E-state index is 13.3. The van der Waals surface area contributed by atoms with Gasteiger partial charge in [-0.3, -0.25) is 0 Å². The number of aromatic nitrogens is 2. The lowest BCUT2D eigenvalue weighted by molar-refractivity contribution is 0.177. The number of halogens is 2. The quantitative estimate of drug-likeness (QED) is 0.939. The van der Waals surface area contributed by atoms with Crippen molar-refractivity contribution >= 4 is 0 Å². The van der Waals surface area contributed by atoms with Gasteiger partial charge in [-0.15, -0.1) is 0 Å². The van der Waals surface area contributed by atoms with Gasteiger partial charge in [0.1, 0.15) is 0 Å². The molecule has 0 atom stereocenters. The van der Waals surface area contributed by atoms with E-state index in [-0.39, 0.29) is 11.2 Å². The van der Waals surface area contributed by atoms with Crippen LogP contribution < -0.4 is 5.73 Å². The summed E-state index contributed by atoms with van der Waals surface area (Å²) in [5.41, 5.74) is 6.39. The second kappa shape index (κ2) is 6.12. The number of hydrogen-bond donors (Lipinski definition) is 1. The van der Waals surface area contributed by atoms with Crippen LogP contribution in [0.2, 0.25) is 0 Å². The van der Waals surface area contributed by atoms with Crippen LogP contribution in [0, 0.1) is 17.0 Å². The zero-order valence-corrected chi connectivity index (χ0v) is 12.3. The van der Waals surface area contributed by atoms with Gasteiger partial charge in [0.25, 0.3) is 0 Å². The summed E-state index contributed by atoms with van der Waals surface area (Å²) in [6.07, 6.45) is 6.34. The van der Waals surface area contributed by atoms with E-state index in [1.54, 1.807) is 0 Å². The Balaban J connectivity index is 1.79. The maximum Gasteiger partial charge on any atom is 0.227 e. The van der Waals surface area contributed by atoms with Crippen LogP contribution in [0.3, 0.4) is 0 Å². The zero-order chi connectivity index (χ0) is 15.6. The number of benzene rings is 1. The summed E-state index contributed by atoms with van der Waals surface area (Å²) in [5.74, 6) is -1.03. The summed E-state index contributed by atoms with van der Waals surface area (Å²) < 4.78 is 31.5. The van der Waals surface area contributed by atoms with Crippen molar-refractivity contribution in [1.29, 1.82) is 0 Å². The Bertz CT molecular complexity index is 651. The molecule has 1 saturated carbocycles. The number of nitrogens with two attached hydrogens (primary N) is 1. The van der Waals surface area contributed by atoms with Crippen LogP contribution in [0.1, 0.15) is 38.0 Å². The molecular formula is C16H19F2N3O. The molecular weight excluding hydrogens is 288 g/mol. The first-order chi connectivity index (χ1) is 10.6. The zero-order valence-electron chi connectivity index (χ0n) is 12.3. The minimum atomic E-state index is -0.922. The number of hydrogen-bond acceptors (Lipinski definition) is 4. The Hall–Kier alpha value is -1.82. The molecule has 1 aromatic carbocycles. The molecule has 0 bridgehead atoms. The van der Waals surface area contributed by atoms with E-state index in [9.17, 15) is 8.78 Å². The molecule has 0 amide bonds. The predicted molar refractivity (Wildman–Crippen MR) is 77.9 cm³/mol. The van der Waals surface area contributed by atoms with E-state index in [0.717, 1.165) is 25.0 Å². The van der Waals surface area contributed by atoms with Crippen molar-refractivity contribution in [2.45, 2.75) is 38.5 Å². The molecule has 3 rings (SSSR count). The molecule has 2 aromatic rings. The number of rotatable bonds is 4. The first kappa shape index (κ1) is 15.1. The first-order valence-electron chi connectivity index (χ1n) is 7.60. The summed E-state index contributed by atoms with van der Waals surface area (Å²) in [4.78, 5) is 4.32. The lowest BCUT2D eigenvalue weighted by atomic mass is 9.72. The summed E-state index contributed by atoms with van der Waals surface area (Å²) in [5, 5.41) is 3.87. The first-order valence-corrected chi connectivity index (χ1v) is 7.60. The van der Waals surface area contributed by atoms with E-state index in [2.05, 4.69) is 10.1 Å². The highest BCUT2D eigenvalue weighted by Crippen LogP contribution is 2.38. The van der Waals surface area contributed by atoms with Crippen LogP contribution in [-0.2, 0) is 6.42 Å². The molecule has 0 radical (unpaired) electrons. The molecule has 4 nitrogen and oxygen atoms in total. The van der Waals surface area contributed by atoms with Crippen molar-refractivity contribution in [3.8, 4) is 11.4 Å². The molecule has 22 heavy (non-hydrogen) atoms. The van der Waals surface area contributed by atoms with Gasteiger partial charge >= 0.3 is 0 Å². The smallest absolute Gasteiger partial charge is 0.227 e. The van der Waals surface area contributed by atoms with Gasteiger partial charge in [-0.1, -0.05) is 24.4 Å². The van der Waals surface area contributed by atoms with Crippen molar-refractivity contribution in [3.63, 3.8) is 0 Å². The summed E-state index contributed by atoms with van der Waals surface area (Å²) in [6.45, 7) is 0.593. The highest BCUT2D eigenvalue weighted by molar-refractivity contribution is 5.54. The molecule has 0 unspecified atom stereocenters. The fourth-order valence-corrected chi connectivity index (χ4v) is 3.15. The van der Waals surface area contributed by atoms with Crippen molar-refractivity contribution in [3.05, 3.63) is 35.7 Å². The highest BCUT2D eigenvalue weighted by Gasteiger charge is 2.33. The van der Waals surface area contributed by atoms with Gasteiger partial charge in [-0.2, -0.15) is 4.98 Å². The molecule has 0 aliphatic heterocycles. The van der Waals surface area contributed by atoms with Gasteiger partial charge in [0.05, 0.1) is 0 Å². The van der Waals surface area contributed by atoms with Crippen LogP contribution >= 0.6 is 0 Å². The summed E-state index contributed by atoms with van der Waals surface area (Å²) >= 11 is 0. The lowest BCUT2D eigenvalue weighted by Gasteiger charge is -2.34. The molecule has 0 spiro atoms. The topological polar surface area (TPSA) is 64.9 Å². The fraction of sp³-hybridized carbons (Fsp3) is 0.500. The Morgan fingerprint density at radius 2 is 1.91 bits per heavy atom. The van der Waals surface area contributed by atoms with Crippen molar-refractivity contribution < 1.29 is 13.3 Å². The van der Waals surface area contributed by atoms with Crippen LogP contribution in [0.25, 0.3) is 11.4 Å². The van der Waals surface area contributed by atoms with Gasteiger partial charge in [0.15, 0.2) is 11.6 Å². The number of nitrogens with zero attached hydrogens (tertiary/aromatic N) is 2. The third-order valence-corrected chi connectivity index (χ3v) is 4.52. The van der Waals surface area contributed by atoms with Crippen LogP contribution in [0.4, 0.5) is 8.78 Å². The highest BCUT2D eigenvalue weighted by atomic mass is 19.2. The minimum Gasteiger partial charge on any atom is -0.339 e. The van der Waals surface area contributed by atoms with Crippen LogP contribution in [0.15, 0.2) is 22.7 Å². The third kappa shape index (κ3) is 3.02. The normalized spacial score (nSPS) is 17.6. The molecule has 1 fully saturated rings. The van der Waals surface area contributed by atoms with E-state index in [1.165, 1.54) is 25.3 Å². The molecule has 6 heteroatoms. The van der Waals surface area contributed by atoms with E-state index in [4.69, 9.17) is 10.3 Å². The van der Waals surface area contributed by atoms with Crippen molar-refractivity contribution in [2.75, 3.05) is 6.54 Å². The van der Waals surface area contributed by atoms with Gasteiger partial charge in [0.2, 0.25) is 11.7 Å². The summed E-state index contributed by atoms with van der Waals surface area (Å²) in [7, 11) is 0. The van der Waals surface area contributed by atoms with E-state index in [1.807, 2.05) is 0 Å². The molecule has 0 saturated heterocycles. The van der Waals surface area contributed by atoms with Gasteiger partial charge in [-0.05, 0) is 43.0 Å². The van der Waals surface area contributed by atoms with E-state index in [0.29, 0.717) is 24.4 Å². The Kier molecular flexibility index (Phi) is 4.20. The van der Waals surface area contributed by atoms with Gasteiger partial charge in [-0.25, -0.2) is 8.78 Å². The monoisotopic (exact) mass is 307 g/mol. The summed E-state index contributed by atoms with van der Waals surface area (Å²) in [6, 6.07) is 3.57. The van der Waals surface area contributed by atoms with Gasteiger partial charge < -0.3 is 10.3 Å². The van der Waals surface area contributed by atoms with E-state index < -0.39 is 11.6 Å². The van der Waals surface area contributed by atoms with Gasteiger partial charge in [0, 0.05) is 12.0 Å². The molecule has 1 aliphatic carbocycles. The molecule has 118 valence electrons. The second-order valence-electron chi connectivity index (χ2n) is 6.08. The second-order valence-corrected chi connectivity index (χ2v) is 6.08. The van der Waals surface area contributed by atoms with Crippen molar-refractivity contribution in [1.82, 2.24) is 10.1 Å². The molecule has 1 aliphatic rings.